The SMILES string of the molecule is CCc1ccccc1N(CC(=O)N(CCc1ccccc1)[C@@H](C)C(=O)NC(C)(C)C)S(C)(=O)=O. The van der Waals surface area contributed by atoms with Crippen LogP contribution >= 0.6 is 0 Å². The maximum Gasteiger partial charge on any atom is 0.244 e. The quantitative estimate of drug-likeness (QED) is 0.557. The molecule has 0 unspecified atom stereocenters. The van der Waals surface area contributed by atoms with Crippen molar-refractivity contribution >= 4 is 27.5 Å². The first-order valence-electron chi connectivity index (χ1n) is 11.5. The van der Waals surface area contributed by atoms with Crippen molar-refractivity contribution < 1.29 is 18.0 Å². The number of benzene rings is 2. The Kier molecular flexibility index (Phi) is 9.27. The molecule has 34 heavy (non-hydrogen) atoms. The van der Waals surface area contributed by atoms with E-state index in [-0.39, 0.29) is 19.0 Å². The third kappa shape index (κ3) is 7.87. The molecule has 0 spiro atoms. The third-order valence-electron chi connectivity index (χ3n) is 5.47. The number of nitrogens with one attached hydrogen (secondary N) is 1. The summed E-state index contributed by atoms with van der Waals surface area (Å²) in [5.74, 6) is -0.711. The number of aryl methyl sites for hydroxylation is 1. The van der Waals surface area contributed by atoms with E-state index in [9.17, 15) is 18.0 Å². The minimum atomic E-state index is -3.74. The van der Waals surface area contributed by atoms with Gasteiger partial charge in [0.1, 0.15) is 12.6 Å². The molecule has 0 saturated carbocycles. The van der Waals surface area contributed by atoms with Crippen molar-refractivity contribution in [2.24, 2.45) is 0 Å². The van der Waals surface area contributed by atoms with Crippen LogP contribution in [-0.2, 0) is 32.5 Å². The molecule has 8 heteroatoms. The molecule has 1 atom stereocenters. The van der Waals surface area contributed by atoms with Gasteiger partial charge in [-0.15, -0.1) is 0 Å². The van der Waals surface area contributed by atoms with Crippen molar-refractivity contribution in [3.8, 4) is 0 Å². The molecule has 0 aromatic heterocycles. The van der Waals surface area contributed by atoms with Gasteiger partial charge in [0.25, 0.3) is 0 Å². The Balaban J connectivity index is 2.36. The summed E-state index contributed by atoms with van der Waals surface area (Å²) in [4.78, 5) is 28.0. The van der Waals surface area contributed by atoms with Crippen LogP contribution in [0.4, 0.5) is 5.69 Å². The summed E-state index contributed by atoms with van der Waals surface area (Å²) in [6.07, 6.45) is 2.26. The lowest BCUT2D eigenvalue weighted by atomic mass is 10.1. The van der Waals surface area contributed by atoms with Crippen LogP contribution in [0.25, 0.3) is 0 Å². The molecule has 7 nitrogen and oxygen atoms in total. The number of hydrogen-bond donors (Lipinski definition) is 1. The number of hydrogen-bond acceptors (Lipinski definition) is 4. The monoisotopic (exact) mass is 487 g/mol. The van der Waals surface area contributed by atoms with E-state index in [4.69, 9.17) is 0 Å². The summed E-state index contributed by atoms with van der Waals surface area (Å²) in [5.41, 5.74) is 1.88. The Morgan fingerprint density at radius 2 is 1.59 bits per heavy atom. The van der Waals surface area contributed by atoms with Crippen molar-refractivity contribution in [2.45, 2.75) is 59.0 Å². The molecular formula is C26H37N3O4S. The van der Waals surface area contributed by atoms with Gasteiger partial charge >= 0.3 is 0 Å². The van der Waals surface area contributed by atoms with Crippen LogP contribution in [0, 0.1) is 0 Å². The Bertz CT molecular complexity index is 1080. The number of carbonyl (C=O) groups is 2. The number of sulfonamides is 1. The normalized spacial score (nSPS) is 12.6. The highest BCUT2D eigenvalue weighted by molar-refractivity contribution is 7.92. The van der Waals surface area contributed by atoms with Crippen molar-refractivity contribution in [1.82, 2.24) is 10.2 Å². The van der Waals surface area contributed by atoms with Crippen molar-refractivity contribution in [2.75, 3.05) is 23.7 Å². The molecule has 1 N–H and O–H groups in total. The van der Waals surface area contributed by atoms with E-state index in [0.29, 0.717) is 18.5 Å². The highest BCUT2D eigenvalue weighted by Crippen LogP contribution is 2.24. The highest BCUT2D eigenvalue weighted by atomic mass is 32.2. The molecule has 0 radical (unpaired) electrons. The average Bonchev–Trinajstić information content (AvgIpc) is 2.76. The van der Waals surface area contributed by atoms with Gasteiger partial charge in [0.05, 0.1) is 11.9 Å². The molecule has 186 valence electrons. The van der Waals surface area contributed by atoms with Crippen molar-refractivity contribution in [3.05, 3.63) is 65.7 Å². The minimum Gasteiger partial charge on any atom is -0.350 e. The van der Waals surface area contributed by atoms with Crippen molar-refractivity contribution in [3.63, 3.8) is 0 Å². The number of rotatable bonds is 10. The molecule has 0 bridgehead atoms. The Hall–Kier alpha value is -2.87. The van der Waals surface area contributed by atoms with Crippen LogP contribution < -0.4 is 9.62 Å². The van der Waals surface area contributed by atoms with Crippen LogP contribution in [-0.4, -0.2) is 56.1 Å². The molecule has 2 rings (SSSR count). The Labute approximate surface area is 204 Å². The molecule has 0 saturated heterocycles. The summed E-state index contributed by atoms with van der Waals surface area (Å²) in [6, 6.07) is 16.1. The summed E-state index contributed by atoms with van der Waals surface area (Å²) in [5, 5.41) is 2.92. The lowest BCUT2D eigenvalue weighted by Gasteiger charge is -2.33. The number of nitrogens with zero attached hydrogens (tertiary/aromatic N) is 2. The molecule has 0 heterocycles. The predicted molar refractivity (Wildman–Crippen MR) is 137 cm³/mol. The maximum atomic E-state index is 13.5. The molecular weight excluding hydrogens is 450 g/mol. The lowest BCUT2D eigenvalue weighted by molar-refractivity contribution is -0.139. The second kappa shape index (κ2) is 11.5. The predicted octanol–water partition coefficient (Wildman–Crippen LogP) is 3.39. The van der Waals surface area contributed by atoms with Gasteiger partial charge in [-0.25, -0.2) is 8.42 Å². The first kappa shape index (κ1) is 27.4. The molecule has 2 aromatic carbocycles. The summed E-state index contributed by atoms with van der Waals surface area (Å²) >= 11 is 0. The summed E-state index contributed by atoms with van der Waals surface area (Å²) in [6.45, 7) is 9.15. The average molecular weight is 488 g/mol. The number of carbonyl (C=O) groups excluding carboxylic acids is 2. The van der Waals surface area contributed by atoms with Crippen LogP contribution in [0.3, 0.4) is 0 Å². The van der Waals surface area contributed by atoms with E-state index < -0.39 is 27.5 Å². The van der Waals surface area contributed by atoms with Gasteiger partial charge in [-0.2, -0.15) is 0 Å². The molecule has 0 fully saturated rings. The van der Waals surface area contributed by atoms with Crippen LogP contribution in [0.5, 0.6) is 0 Å². The van der Waals surface area contributed by atoms with Gasteiger partial charge in [-0.1, -0.05) is 55.5 Å². The molecule has 0 aliphatic heterocycles. The summed E-state index contributed by atoms with van der Waals surface area (Å²) in [7, 11) is -3.74. The van der Waals surface area contributed by atoms with Gasteiger partial charge in [0.15, 0.2) is 0 Å². The fraction of sp³-hybridized carbons (Fsp3) is 0.462. The lowest BCUT2D eigenvalue weighted by Crippen LogP contribution is -2.55. The van der Waals surface area contributed by atoms with Gasteiger partial charge in [-0.05, 0) is 57.7 Å². The largest absolute Gasteiger partial charge is 0.350 e. The molecule has 0 aliphatic carbocycles. The van der Waals surface area contributed by atoms with E-state index in [0.717, 1.165) is 21.7 Å². The van der Waals surface area contributed by atoms with E-state index in [1.807, 2.05) is 70.2 Å². The first-order chi connectivity index (χ1) is 15.8. The summed E-state index contributed by atoms with van der Waals surface area (Å²) < 4.78 is 26.5. The van der Waals surface area contributed by atoms with Gasteiger partial charge in [0, 0.05) is 12.1 Å². The van der Waals surface area contributed by atoms with Crippen molar-refractivity contribution in [1.29, 1.82) is 0 Å². The standard InChI is InChI=1S/C26H37N3O4S/c1-7-22-15-11-12-16-23(22)29(34(6,32)33)19-24(30)28(18-17-21-13-9-8-10-14-21)20(2)25(31)27-26(3,4)5/h8-16,20H,7,17-19H2,1-6H3,(H,27,31)/t20-/m0/s1. The van der Waals surface area contributed by atoms with E-state index in [2.05, 4.69) is 5.32 Å². The second-order valence-corrected chi connectivity index (χ2v) is 11.4. The zero-order valence-corrected chi connectivity index (χ0v) is 21.9. The molecule has 0 aliphatic rings. The fourth-order valence-corrected chi connectivity index (χ4v) is 4.57. The highest BCUT2D eigenvalue weighted by Gasteiger charge is 2.31. The second-order valence-electron chi connectivity index (χ2n) is 9.49. The van der Waals surface area contributed by atoms with Gasteiger partial charge in [-0.3, -0.25) is 13.9 Å². The topological polar surface area (TPSA) is 86.8 Å². The van der Waals surface area contributed by atoms with Crippen LogP contribution in [0.15, 0.2) is 54.6 Å². The molecule has 2 amide bonds. The zero-order valence-electron chi connectivity index (χ0n) is 21.0. The van der Waals surface area contributed by atoms with E-state index in [1.165, 1.54) is 4.90 Å². The number of amides is 2. The van der Waals surface area contributed by atoms with Gasteiger partial charge < -0.3 is 10.2 Å². The van der Waals surface area contributed by atoms with Crippen LogP contribution in [0.1, 0.15) is 45.7 Å². The minimum absolute atomic E-state index is 0.284. The van der Waals surface area contributed by atoms with Crippen LogP contribution in [0.2, 0.25) is 0 Å². The van der Waals surface area contributed by atoms with E-state index >= 15 is 0 Å². The zero-order chi connectivity index (χ0) is 25.5. The number of para-hydroxylation sites is 1. The fourth-order valence-electron chi connectivity index (χ4n) is 3.69. The Morgan fingerprint density at radius 3 is 2.15 bits per heavy atom. The Morgan fingerprint density at radius 1 is 1.00 bits per heavy atom. The third-order valence-corrected chi connectivity index (χ3v) is 6.60. The maximum absolute atomic E-state index is 13.5. The first-order valence-corrected chi connectivity index (χ1v) is 13.4. The van der Waals surface area contributed by atoms with E-state index in [1.54, 1.807) is 19.1 Å². The van der Waals surface area contributed by atoms with Gasteiger partial charge in [0.2, 0.25) is 21.8 Å². The number of anilines is 1. The smallest absolute Gasteiger partial charge is 0.244 e. The molecule has 2 aromatic rings.